The van der Waals surface area contributed by atoms with Crippen LogP contribution < -0.4 is 5.32 Å². The molecule has 0 aromatic rings. The molecular formula is C13H29NO2. The van der Waals surface area contributed by atoms with Crippen molar-refractivity contribution < 1.29 is 9.47 Å². The second-order valence-electron chi connectivity index (χ2n) is 5.86. The molecule has 0 radical (unpaired) electrons. The maximum atomic E-state index is 5.58. The summed E-state index contributed by atoms with van der Waals surface area (Å²) in [6.07, 6.45) is 0. The van der Waals surface area contributed by atoms with Gasteiger partial charge in [0.2, 0.25) is 0 Å². The fourth-order valence-corrected chi connectivity index (χ4v) is 1.28. The lowest BCUT2D eigenvalue weighted by molar-refractivity contribution is 0.0501. The SMILES string of the molecule is COCCOC[C@@H](NCC(C)(C)C)C(C)C. The molecule has 0 aliphatic heterocycles. The van der Waals surface area contributed by atoms with Gasteiger partial charge in [-0.25, -0.2) is 0 Å². The van der Waals surface area contributed by atoms with E-state index >= 15 is 0 Å². The van der Waals surface area contributed by atoms with Crippen LogP contribution in [-0.2, 0) is 9.47 Å². The predicted molar refractivity (Wildman–Crippen MR) is 68.8 cm³/mol. The summed E-state index contributed by atoms with van der Waals surface area (Å²) in [5.41, 5.74) is 0.319. The van der Waals surface area contributed by atoms with Crippen molar-refractivity contribution in [1.29, 1.82) is 0 Å². The highest BCUT2D eigenvalue weighted by molar-refractivity contribution is 4.74. The first kappa shape index (κ1) is 15.9. The van der Waals surface area contributed by atoms with E-state index in [-0.39, 0.29) is 0 Å². The average molecular weight is 231 g/mol. The van der Waals surface area contributed by atoms with Crippen LogP contribution in [-0.4, -0.2) is 39.5 Å². The summed E-state index contributed by atoms with van der Waals surface area (Å²) in [4.78, 5) is 0. The number of nitrogens with one attached hydrogen (secondary N) is 1. The van der Waals surface area contributed by atoms with Crippen molar-refractivity contribution in [2.45, 2.75) is 40.7 Å². The molecule has 0 aromatic heterocycles. The van der Waals surface area contributed by atoms with Gasteiger partial charge in [0.1, 0.15) is 0 Å². The molecule has 98 valence electrons. The Morgan fingerprint density at radius 2 is 1.75 bits per heavy atom. The van der Waals surface area contributed by atoms with Gasteiger partial charge in [-0.15, -0.1) is 0 Å². The van der Waals surface area contributed by atoms with Crippen LogP contribution in [0.4, 0.5) is 0 Å². The zero-order valence-electron chi connectivity index (χ0n) is 11.8. The van der Waals surface area contributed by atoms with E-state index in [1.54, 1.807) is 7.11 Å². The number of methoxy groups -OCH3 is 1. The van der Waals surface area contributed by atoms with Gasteiger partial charge in [0, 0.05) is 19.7 Å². The van der Waals surface area contributed by atoms with Crippen molar-refractivity contribution >= 4 is 0 Å². The summed E-state index contributed by atoms with van der Waals surface area (Å²) in [6.45, 7) is 14.3. The molecule has 1 N–H and O–H groups in total. The van der Waals surface area contributed by atoms with Gasteiger partial charge in [-0.05, 0) is 11.3 Å². The number of ether oxygens (including phenoxy) is 2. The maximum absolute atomic E-state index is 5.58. The lowest BCUT2D eigenvalue weighted by Crippen LogP contribution is -2.42. The summed E-state index contributed by atoms with van der Waals surface area (Å²) >= 11 is 0. The molecule has 3 heteroatoms. The second kappa shape index (κ2) is 8.04. The van der Waals surface area contributed by atoms with Gasteiger partial charge in [-0.3, -0.25) is 0 Å². The normalized spacial score (nSPS) is 14.4. The van der Waals surface area contributed by atoms with Gasteiger partial charge in [0.05, 0.1) is 19.8 Å². The quantitative estimate of drug-likeness (QED) is 0.650. The zero-order valence-corrected chi connectivity index (χ0v) is 11.8. The van der Waals surface area contributed by atoms with Crippen LogP contribution in [0.1, 0.15) is 34.6 Å². The van der Waals surface area contributed by atoms with E-state index in [4.69, 9.17) is 9.47 Å². The molecule has 1 atom stereocenters. The van der Waals surface area contributed by atoms with Crippen LogP contribution in [0.15, 0.2) is 0 Å². The molecular weight excluding hydrogens is 202 g/mol. The first-order valence-electron chi connectivity index (χ1n) is 6.17. The largest absolute Gasteiger partial charge is 0.382 e. The number of hydrogen-bond acceptors (Lipinski definition) is 3. The standard InChI is InChI=1S/C13H29NO2/c1-11(2)12(9-16-8-7-15-6)14-10-13(3,4)5/h11-12,14H,7-10H2,1-6H3/t12-/m1/s1. The zero-order chi connectivity index (χ0) is 12.6. The lowest BCUT2D eigenvalue weighted by atomic mass is 9.95. The maximum Gasteiger partial charge on any atom is 0.0701 e. The molecule has 0 heterocycles. The molecule has 0 fully saturated rings. The summed E-state index contributed by atoms with van der Waals surface area (Å²) in [7, 11) is 1.70. The van der Waals surface area contributed by atoms with Gasteiger partial charge in [0.25, 0.3) is 0 Å². The van der Waals surface area contributed by atoms with E-state index in [9.17, 15) is 0 Å². The highest BCUT2D eigenvalue weighted by atomic mass is 16.5. The van der Waals surface area contributed by atoms with Gasteiger partial charge < -0.3 is 14.8 Å². The van der Waals surface area contributed by atoms with Gasteiger partial charge in [0.15, 0.2) is 0 Å². The van der Waals surface area contributed by atoms with Crippen molar-refractivity contribution in [2.75, 3.05) is 33.5 Å². The molecule has 0 saturated carbocycles. The third kappa shape index (κ3) is 9.13. The Balaban J connectivity index is 3.80. The van der Waals surface area contributed by atoms with Gasteiger partial charge in [-0.2, -0.15) is 0 Å². The average Bonchev–Trinajstić information content (AvgIpc) is 2.14. The Kier molecular flexibility index (Phi) is 7.98. The van der Waals surface area contributed by atoms with E-state index in [0.29, 0.717) is 30.6 Å². The van der Waals surface area contributed by atoms with E-state index in [2.05, 4.69) is 39.9 Å². The Morgan fingerprint density at radius 1 is 1.12 bits per heavy atom. The molecule has 0 unspecified atom stereocenters. The minimum atomic E-state index is 0.319. The summed E-state index contributed by atoms with van der Waals surface area (Å²) in [5.74, 6) is 0.588. The van der Waals surface area contributed by atoms with E-state index in [1.165, 1.54) is 0 Å². The smallest absolute Gasteiger partial charge is 0.0701 e. The minimum absolute atomic E-state index is 0.319. The van der Waals surface area contributed by atoms with Crippen molar-refractivity contribution in [1.82, 2.24) is 5.32 Å². The van der Waals surface area contributed by atoms with Crippen molar-refractivity contribution in [3.63, 3.8) is 0 Å². The minimum Gasteiger partial charge on any atom is -0.382 e. The first-order chi connectivity index (χ1) is 7.37. The van der Waals surface area contributed by atoms with Gasteiger partial charge in [-0.1, -0.05) is 34.6 Å². The third-order valence-corrected chi connectivity index (χ3v) is 2.43. The molecule has 0 saturated heterocycles. The second-order valence-corrected chi connectivity index (χ2v) is 5.86. The predicted octanol–water partition coefficient (Wildman–Crippen LogP) is 2.31. The van der Waals surface area contributed by atoms with Crippen LogP contribution in [0.2, 0.25) is 0 Å². The Labute approximate surface area is 101 Å². The first-order valence-corrected chi connectivity index (χ1v) is 6.17. The molecule has 0 amide bonds. The summed E-state index contributed by atoms with van der Waals surface area (Å²) in [6, 6.07) is 0.427. The van der Waals surface area contributed by atoms with E-state index < -0.39 is 0 Å². The van der Waals surface area contributed by atoms with Crippen LogP contribution in [0.5, 0.6) is 0 Å². The highest BCUT2D eigenvalue weighted by Gasteiger charge is 2.17. The van der Waals surface area contributed by atoms with E-state index in [1.807, 2.05) is 0 Å². The number of hydrogen-bond donors (Lipinski definition) is 1. The molecule has 0 aliphatic rings. The van der Waals surface area contributed by atoms with Crippen molar-refractivity contribution in [3.05, 3.63) is 0 Å². The molecule has 16 heavy (non-hydrogen) atoms. The lowest BCUT2D eigenvalue weighted by Gasteiger charge is -2.27. The van der Waals surface area contributed by atoms with Crippen LogP contribution in [0.25, 0.3) is 0 Å². The van der Waals surface area contributed by atoms with Gasteiger partial charge >= 0.3 is 0 Å². The Morgan fingerprint density at radius 3 is 2.19 bits per heavy atom. The molecule has 0 spiro atoms. The molecule has 0 aliphatic carbocycles. The van der Waals surface area contributed by atoms with Crippen molar-refractivity contribution in [2.24, 2.45) is 11.3 Å². The Bertz CT molecular complexity index is 164. The molecule has 0 aromatic carbocycles. The molecule has 0 bridgehead atoms. The monoisotopic (exact) mass is 231 g/mol. The van der Waals surface area contributed by atoms with E-state index in [0.717, 1.165) is 13.2 Å². The van der Waals surface area contributed by atoms with Crippen molar-refractivity contribution in [3.8, 4) is 0 Å². The summed E-state index contributed by atoms with van der Waals surface area (Å²) in [5, 5.41) is 3.57. The fourth-order valence-electron chi connectivity index (χ4n) is 1.28. The van der Waals surface area contributed by atoms with Crippen LogP contribution in [0.3, 0.4) is 0 Å². The fraction of sp³-hybridized carbons (Fsp3) is 1.00. The Hall–Kier alpha value is -0.120. The molecule has 0 rings (SSSR count). The highest BCUT2D eigenvalue weighted by Crippen LogP contribution is 2.12. The van der Waals surface area contributed by atoms with Crippen LogP contribution >= 0.6 is 0 Å². The van der Waals surface area contributed by atoms with Crippen LogP contribution in [0, 0.1) is 11.3 Å². The number of rotatable bonds is 8. The summed E-state index contributed by atoms with van der Waals surface area (Å²) < 4.78 is 10.5. The topological polar surface area (TPSA) is 30.5 Å². The third-order valence-electron chi connectivity index (χ3n) is 2.43. The molecule has 3 nitrogen and oxygen atoms in total.